The molecule has 0 saturated heterocycles. The third kappa shape index (κ3) is 3.12. The zero-order chi connectivity index (χ0) is 18.3. The zero-order valence-electron chi connectivity index (χ0n) is 14.8. The van der Waals surface area contributed by atoms with Gasteiger partial charge in [-0.3, -0.25) is 4.79 Å². The number of aliphatic carboxylic acids is 1. The topological polar surface area (TPSA) is 63.1 Å². The van der Waals surface area contributed by atoms with Gasteiger partial charge in [0.25, 0.3) is 0 Å². The highest BCUT2D eigenvalue weighted by Crippen LogP contribution is 2.42. The summed E-state index contributed by atoms with van der Waals surface area (Å²) in [5.74, 6) is -0.847. The van der Waals surface area contributed by atoms with Crippen LogP contribution in [0.4, 0.5) is 0 Å². The Labute approximate surface area is 160 Å². The minimum absolute atomic E-state index is 0.733. The Hall–Kier alpha value is -1.92. The zero-order valence-corrected chi connectivity index (χ0v) is 16.4. The number of thiophene rings is 1. The fraction of sp³-hybridized carbons (Fsp3) is 0.350. The first-order valence-corrected chi connectivity index (χ1v) is 10.4. The SMILES string of the molecule is CC(C)(Sc1ncnc2scc(-c3ccc4c(c3)CCCC4)c12)C(=O)O. The summed E-state index contributed by atoms with van der Waals surface area (Å²) in [4.78, 5) is 21.3. The molecule has 0 unspecified atom stereocenters. The predicted octanol–water partition coefficient (Wildman–Crippen LogP) is 5.19. The molecule has 2 heterocycles. The van der Waals surface area contributed by atoms with Crippen molar-refractivity contribution in [1.82, 2.24) is 9.97 Å². The van der Waals surface area contributed by atoms with Crippen molar-refractivity contribution in [3.63, 3.8) is 0 Å². The number of carbonyl (C=O) groups is 1. The number of fused-ring (bicyclic) bond motifs is 2. The van der Waals surface area contributed by atoms with Crippen LogP contribution in [0.2, 0.25) is 0 Å². The van der Waals surface area contributed by atoms with Gasteiger partial charge < -0.3 is 5.11 Å². The van der Waals surface area contributed by atoms with Crippen LogP contribution in [-0.4, -0.2) is 25.8 Å². The third-order valence-corrected chi connectivity index (χ3v) is 6.94. The molecule has 0 aliphatic heterocycles. The lowest BCUT2D eigenvalue weighted by atomic mass is 9.89. The van der Waals surface area contributed by atoms with Gasteiger partial charge in [-0.15, -0.1) is 11.3 Å². The van der Waals surface area contributed by atoms with Crippen LogP contribution in [0.3, 0.4) is 0 Å². The quantitative estimate of drug-likeness (QED) is 0.495. The Morgan fingerprint density at radius 1 is 1.19 bits per heavy atom. The number of carboxylic acids is 1. The van der Waals surface area contributed by atoms with E-state index in [4.69, 9.17) is 0 Å². The van der Waals surface area contributed by atoms with E-state index in [9.17, 15) is 9.90 Å². The minimum Gasteiger partial charge on any atom is -0.480 e. The molecule has 6 heteroatoms. The van der Waals surface area contributed by atoms with Crippen molar-refractivity contribution in [2.24, 2.45) is 0 Å². The average Bonchev–Trinajstić information content (AvgIpc) is 3.06. The highest BCUT2D eigenvalue weighted by molar-refractivity contribution is 8.01. The Balaban J connectivity index is 1.83. The normalized spacial score (nSPS) is 14.4. The van der Waals surface area contributed by atoms with E-state index in [1.807, 2.05) is 0 Å². The molecular formula is C20H20N2O2S2. The van der Waals surface area contributed by atoms with Gasteiger partial charge in [-0.1, -0.05) is 30.0 Å². The molecule has 0 fully saturated rings. The summed E-state index contributed by atoms with van der Waals surface area (Å²) in [7, 11) is 0. The lowest BCUT2D eigenvalue weighted by molar-refractivity contribution is -0.138. The largest absolute Gasteiger partial charge is 0.480 e. The van der Waals surface area contributed by atoms with Gasteiger partial charge in [-0.2, -0.15) is 0 Å². The summed E-state index contributed by atoms with van der Waals surface area (Å²) < 4.78 is -0.948. The molecule has 1 aliphatic carbocycles. The molecule has 4 nitrogen and oxygen atoms in total. The fourth-order valence-corrected chi connectivity index (χ4v) is 5.28. The van der Waals surface area contributed by atoms with Crippen LogP contribution in [0.1, 0.15) is 37.8 Å². The smallest absolute Gasteiger partial charge is 0.319 e. The second-order valence-corrected chi connectivity index (χ2v) is 9.59. The number of thioether (sulfide) groups is 1. The van der Waals surface area contributed by atoms with Crippen LogP contribution in [0.15, 0.2) is 34.9 Å². The van der Waals surface area contributed by atoms with Gasteiger partial charge >= 0.3 is 5.97 Å². The van der Waals surface area contributed by atoms with Gasteiger partial charge in [-0.25, -0.2) is 9.97 Å². The molecule has 1 aliphatic rings. The number of nitrogens with zero attached hydrogens (tertiary/aromatic N) is 2. The summed E-state index contributed by atoms with van der Waals surface area (Å²) in [6.07, 6.45) is 6.34. The molecule has 0 atom stereocenters. The number of hydrogen-bond acceptors (Lipinski definition) is 5. The molecule has 4 rings (SSSR count). The van der Waals surface area contributed by atoms with Crippen molar-refractivity contribution >= 4 is 39.3 Å². The number of aryl methyl sites for hydroxylation is 2. The molecule has 0 amide bonds. The Morgan fingerprint density at radius 3 is 2.73 bits per heavy atom. The first-order valence-electron chi connectivity index (χ1n) is 8.72. The highest BCUT2D eigenvalue weighted by atomic mass is 32.2. The van der Waals surface area contributed by atoms with Crippen molar-refractivity contribution in [1.29, 1.82) is 0 Å². The predicted molar refractivity (Wildman–Crippen MR) is 107 cm³/mol. The second kappa shape index (κ2) is 6.67. The van der Waals surface area contributed by atoms with E-state index < -0.39 is 10.7 Å². The lowest BCUT2D eigenvalue weighted by Crippen LogP contribution is -2.27. The molecule has 0 radical (unpaired) electrons. The molecule has 0 bridgehead atoms. The fourth-order valence-electron chi connectivity index (χ4n) is 3.32. The van der Waals surface area contributed by atoms with Crippen LogP contribution in [0.25, 0.3) is 21.3 Å². The summed E-state index contributed by atoms with van der Waals surface area (Å²) in [6, 6.07) is 6.71. The number of aromatic nitrogens is 2. The highest BCUT2D eigenvalue weighted by Gasteiger charge is 2.30. The van der Waals surface area contributed by atoms with Crippen molar-refractivity contribution in [3.05, 3.63) is 41.0 Å². The standard InChI is InChI=1S/C20H20N2O2S2/c1-20(2,19(23)24)26-18-16-15(10-25-17(16)21-11-22-18)14-8-7-12-5-3-4-6-13(12)9-14/h7-11H,3-6H2,1-2H3,(H,23,24). The van der Waals surface area contributed by atoms with Gasteiger partial charge in [0.2, 0.25) is 0 Å². The molecule has 0 saturated carbocycles. The maximum atomic E-state index is 11.6. The van der Waals surface area contributed by atoms with E-state index in [-0.39, 0.29) is 0 Å². The van der Waals surface area contributed by atoms with Crippen molar-refractivity contribution in [3.8, 4) is 11.1 Å². The van der Waals surface area contributed by atoms with Crippen molar-refractivity contribution in [2.75, 3.05) is 0 Å². The third-order valence-electron chi connectivity index (χ3n) is 4.86. The maximum Gasteiger partial charge on any atom is 0.319 e. The lowest BCUT2D eigenvalue weighted by Gasteiger charge is -2.19. The summed E-state index contributed by atoms with van der Waals surface area (Å²) >= 11 is 2.86. The number of rotatable bonds is 4. The molecule has 26 heavy (non-hydrogen) atoms. The van der Waals surface area contributed by atoms with Gasteiger partial charge in [0.05, 0.1) is 5.39 Å². The molecule has 2 aromatic heterocycles. The van der Waals surface area contributed by atoms with E-state index in [2.05, 4.69) is 33.5 Å². The van der Waals surface area contributed by atoms with Crippen LogP contribution in [0, 0.1) is 0 Å². The minimum atomic E-state index is -0.948. The van der Waals surface area contributed by atoms with Crippen LogP contribution in [0.5, 0.6) is 0 Å². The first kappa shape index (κ1) is 17.5. The number of carboxylic acid groups (broad SMARTS) is 1. The van der Waals surface area contributed by atoms with E-state index in [1.165, 1.54) is 47.6 Å². The summed E-state index contributed by atoms with van der Waals surface area (Å²) in [5.41, 5.74) is 5.16. The number of hydrogen-bond donors (Lipinski definition) is 1. The van der Waals surface area contributed by atoms with E-state index >= 15 is 0 Å². The van der Waals surface area contributed by atoms with Gasteiger partial charge in [0.15, 0.2) is 0 Å². The molecule has 1 aromatic carbocycles. The maximum absolute atomic E-state index is 11.6. The van der Waals surface area contributed by atoms with Crippen LogP contribution >= 0.6 is 23.1 Å². The first-order chi connectivity index (χ1) is 12.5. The molecule has 134 valence electrons. The van der Waals surface area contributed by atoms with E-state index in [0.717, 1.165) is 33.6 Å². The Bertz CT molecular complexity index is 995. The van der Waals surface area contributed by atoms with Gasteiger partial charge in [-0.05, 0) is 56.2 Å². The van der Waals surface area contributed by atoms with Crippen molar-refractivity contribution < 1.29 is 9.90 Å². The monoisotopic (exact) mass is 384 g/mol. The molecule has 3 aromatic rings. The summed E-state index contributed by atoms with van der Waals surface area (Å²) in [6.45, 7) is 3.41. The van der Waals surface area contributed by atoms with Crippen LogP contribution < -0.4 is 0 Å². The molecular weight excluding hydrogens is 364 g/mol. The Kier molecular flexibility index (Phi) is 4.49. The van der Waals surface area contributed by atoms with E-state index in [1.54, 1.807) is 25.2 Å². The average molecular weight is 385 g/mol. The second-order valence-electron chi connectivity index (χ2n) is 7.12. The number of benzene rings is 1. The molecule has 0 spiro atoms. The Morgan fingerprint density at radius 2 is 1.96 bits per heavy atom. The van der Waals surface area contributed by atoms with Crippen molar-refractivity contribution in [2.45, 2.75) is 49.3 Å². The van der Waals surface area contributed by atoms with E-state index in [0.29, 0.717) is 0 Å². The van der Waals surface area contributed by atoms with Gasteiger partial charge in [0.1, 0.15) is 20.9 Å². The van der Waals surface area contributed by atoms with Crippen LogP contribution in [-0.2, 0) is 17.6 Å². The van der Waals surface area contributed by atoms with Gasteiger partial charge in [0, 0.05) is 10.9 Å². The molecule has 1 N–H and O–H groups in total. The summed E-state index contributed by atoms with van der Waals surface area (Å²) in [5, 5.41) is 13.3.